The summed E-state index contributed by atoms with van der Waals surface area (Å²) in [5.74, 6) is 0.0704. The Labute approximate surface area is 139 Å². The first kappa shape index (κ1) is 16.3. The largest absolute Gasteiger partial charge is 0.378 e. The van der Waals surface area contributed by atoms with E-state index in [0.29, 0.717) is 43.3 Å². The number of amides is 1. The maximum absolute atomic E-state index is 13.7. The molecule has 1 aromatic heterocycles. The highest BCUT2D eigenvalue weighted by molar-refractivity contribution is 5.95. The molecule has 0 aliphatic carbocycles. The second-order valence-corrected chi connectivity index (χ2v) is 5.74. The van der Waals surface area contributed by atoms with Gasteiger partial charge in [0.2, 0.25) is 0 Å². The number of hydrogen-bond donors (Lipinski definition) is 0. The van der Waals surface area contributed by atoms with Gasteiger partial charge in [0.05, 0.1) is 19.4 Å². The van der Waals surface area contributed by atoms with E-state index in [9.17, 15) is 9.18 Å². The van der Waals surface area contributed by atoms with E-state index in [1.165, 1.54) is 0 Å². The Morgan fingerprint density at radius 2 is 2.04 bits per heavy atom. The molecule has 1 fully saturated rings. The number of benzene rings is 1. The number of nitrogens with zero attached hydrogens (tertiary/aromatic N) is 4. The second-order valence-electron chi connectivity index (χ2n) is 5.74. The van der Waals surface area contributed by atoms with E-state index >= 15 is 0 Å². The quantitative estimate of drug-likeness (QED) is 0.859. The molecule has 0 unspecified atom stereocenters. The minimum atomic E-state index is -0.482. The first-order valence-corrected chi connectivity index (χ1v) is 7.73. The third-order valence-electron chi connectivity index (χ3n) is 3.82. The summed E-state index contributed by atoms with van der Waals surface area (Å²) in [4.78, 5) is 24.2. The van der Waals surface area contributed by atoms with E-state index in [1.54, 1.807) is 42.1 Å². The summed E-state index contributed by atoms with van der Waals surface area (Å²) >= 11 is 0. The van der Waals surface area contributed by atoms with Crippen molar-refractivity contribution in [3.63, 3.8) is 0 Å². The van der Waals surface area contributed by atoms with E-state index < -0.39 is 5.82 Å². The molecule has 0 N–H and O–H groups in total. The second kappa shape index (κ2) is 6.92. The summed E-state index contributed by atoms with van der Waals surface area (Å²) in [7, 11) is 3.43. The Balaban J connectivity index is 1.90. The molecule has 0 bridgehead atoms. The maximum Gasteiger partial charge on any atom is 0.254 e. The van der Waals surface area contributed by atoms with Gasteiger partial charge in [-0.2, -0.15) is 0 Å². The van der Waals surface area contributed by atoms with Crippen molar-refractivity contribution in [3.8, 4) is 11.4 Å². The van der Waals surface area contributed by atoms with Gasteiger partial charge in [-0.25, -0.2) is 14.4 Å². The minimum Gasteiger partial charge on any atom is -0.378 e. The Morgan fingerprint density at radius 1 is 1.29 bits per heavy atom. The number of carbonyl (C=O) groups is 1. The van der Waals surface area contributed by atoms with Crippen LogP contribution in [-0.2, 0) is 4.74 Å². The first-order chi connectivity index (χ1) is 11.6. The maximum atomic E-state index is 13.7. The molecule has 2 aromatic rings. The third-order valence-corrected chi connectivity index (χ3v) is 3.82. The van der Waals surface area contributed by atoms with Crippen molar-refractivity contribution >= 4 is 11.7 Å². The predicted molar refractivity (Wildman–Crippen MR) is 88.5 cm³/mol. The molecule has 7 heteroatoms. The van der Waals surface area contributed by atoms with Gasteiger partial charge in [-0.15, -0.1) is 0 Å². The first-order valence-electron chi connectivity index (χ1n) is 7.73. The smallest absolute Gasteiger partial charge is 0.254 e. The van der Waals surface area contributed by atoms with Gasteiger partial charge in [-0.05, 0) is 12.1 Å². The standard InChI is InChI=1S/C17H19FN4O2/c1-21(2)16-14(18)11-19-15(20-16)12-4-3-5-13(10-12)17(23)22-6-8-24-9-7-22/h3-5,10-11H,6-9H2,1-2H3. The summed E-state index contributed by atoms with van der Waals surface area (Å²) < 4.78 is 19.0. The Hall–Kier alpha value is -2.54. The fourth-order valence-electron chi connectivity index (χ4n) is 2.55. The van der Waals surface area contributed by atoms with Gasteiger partial charge >= 0.3 is 0 Å². The van der Waals surface area contributed by atoms with Crippen LogP contribution in [-0.4, -0.2) is 61.2 Å². The average Bonchev–Trinajstić information content (AvgIpc) is 2.62. The summed E-state index contributed by atoms with van der Waals surface area (Å²) in [5.41, 5.74) is 1.24. The van der Waals surface area contributed by atoms with Gasteiger partial charge in [-0.3, -0.25) is 4.79 Å². The van der Waals surface area contributed by atoms with Gasteiger partial charge in [0.25, 0.3) is 5.91 Å². The normalized spacial score (nSPS) is 14.5. The van der Waals surface area contributed by atoms with Crippen LogP contribution in [0.2, 0.25) is 0 Å². The average molecular weight is 330 g/mol. The van der Waals surface area contributed by atoms with Crippen LogP contribution < -0.4 is 4.90 Å². The van der Waals surface area contributed by atoms with Crippen molar-refractivity contribution in [2.45, 2.75) is 0 Å². The number of halogens is 1. The number of morpholine rings is 1. The lowest BCUT2D eigenvalue weighted by Crippen LogP contribution is -2.40. The molecule has 0 atom stereocenters. The highest BCUT2D eigenvalue weighted by Crippen LogP contribution is 2.21. The monoisotopic (exact) mass is 330 g/mol. The van der Waals surface area contributed by atoms with Crippen molar-refractivity contribution < 1.29 is 13.9 Å². The van der Waals surface area contributed by atoms with Crippen molar-refractivity contribution in [2.24, 2.45) is 0 Å². The van der Waals surface area contributed by atoms with Gasteiger partial charge in [0.15, 0.2) is 17.5 Å². The molecule has 0 radical (unpaired) electrons. The number of carbonyl (C=O) groups excluding carboxylic acids is 1. The molecule has 24 heavy (non-hydrogen) atoms. The van der Waals surface area contributed by atoms with Gasteiger partial charge in [0, 0.05) is 38.3 Å². The van der Waals surface area contributed by atoms with Crippen LogP contribution in [0.5, 0.6) is 0 Å². The Kier molecular flexibility index (Phi) is 4.71. The molecule has 1 amide bonds. The Morgan fingerprint density at radius 3 is 2.75 bits per heavy atom. The number of ether oxygens (including phenoxy) is 1. The van der Waals surface area contributed by atoms with Crippen LogP contribution >= 0.6 is 0 Å². The number of anilines is 1. The lowest BCUT2D eigenvalue weighted by Gasteiger charge is -2.27. The van der Waals surface area contributed by atoms with E-state index in [2.05, 4.69) is 9.97 Å². The lowest BCUT2D eigenvalue weighted by molar-refractivity contribution is 0.0303. The highest BCUT2D eigenvalue weighted by Gasteiger charge is 2.19. The fourth-order valence-corrected chi connectivity index (χ4v) is 2.55. The molecule has 2 heterocycles. The van der Waals surface area contributed by atoms with Gasteiger partial charge in [0.1, 0.15) is 0 Å². The van der Waals surface area contributed by atoms with Gasteiger partial charge < -0.3 is 14.5 Å². The zero-order valence-corrected chi connectivity index (χ0v) is 13.7. The van der Waals surface area contributed by atoms with Crippen LogP contribution in [0.4, 0.5) is 10.2 Å². The Bertz CT molecular complexity index is 745. The molecule has 1 saturated heterocycles. The van der Waals surface area contributed by atoms with Crippen molar-refractivity contribution in [3.05, 3.63) is 41.8 Å². The topological polar surface area (TPSA) is 58.6 Å². The summed E-state index contributed by atoms with van der Waals surface area (Å²) in [5, 5.41) is 0. The van der Waals surface area contributed by atoms with Crippen molar-refractivity contribution in [1.82, 2.24) is 14.9 Å². The molecule has 0 spiro atoms. The van der Waals surface area contributed by atoms with Crippen LogP contribution in [0.25, 0.3) is 11.4 Å². The summed E-state index contributed by atoms with van der Waals surface area (Å²) in [6, 6.07) is 7.09. The zero-order valence-electron chi connectivity index (χ0n) is 13.7. The van der Waals surface area contributed by atoms with Crippen LogP contribution in [0.3, 0.4) is 0 Å². The third kappa shape index (κ3) is 3.35. The summed E-state index contributed by atoms with van der Waals surface area (Å²) in [6.45, 7) is 2.28. The molecule has 0 saturated carbocycles. The van der Waals surface area contributed by atoms with E-state index in [1.807, 2.05) is 6.07 Å². The SMILES string of the molecule is CN(C)c1nc(-c2cccc(C(=O)N3CCOCC3)c2)ncc1F. The highest BCUT2D eigenvalue weighted by atomic mass is 19.1. The molecular formula is C17H19FN4O2. The van der Waals surface area contributed by atoms with Crippen molar-refractivity contribution in [1.29, 1.82) is 0 Å². The zero-order chi connectivity index (χ0) is 17.1. The van der Waals surface area contributed by atoms with E-state index in [0.717, 1.165) is 6.20 Å². The fraction of sp³-hybridized carbons (Fsp3) is 0.353. The molecule has 1 aliphatic heterocycles. The van der Waals surface area contributed by atoms with Crippen LogP contribution in [0.1, 0.15) is 10.4 Å². The van der Waals surface area contributed by atoms with Gasteiger partial charge in [-0.1, -0.05) is 12.1 Å². The van der Waals surface area contributed by atoms with Crippen LogP contribution in [0.15, 0.2) is 30.5 Å². The van der Waals surface area contributed by atoms with E-state index in [-0.39, 0.29) is 11.7 Å². The van der Waals surface area contributed by atoms with Crippen LogP contribution in [0, 0.1) is 5.82 Å². The minimum absolute atomic E-state index is 0.0462. The molecular weight excluding hydrogens is 311 g/mol. The molecule has 6 nitrogen and oxygen atoms in total. The van der Waals surface area contributed by atoms with E-state index in [4.69, 9.17) is 4.74 Å². The summed E-state index contributed by atoms with van der Waals surface area (Å²) in [6.07, 6.45) is 1.15. The number of rotatable bonds is 3. The molecule has 126 valence electrons. The number of hydrogen-bond acceptors (Lipinski definition) is 5. The number of aromatic nitrogens is 2. The molecule has 1 aromatic carbocycles. The molecule has 1 aliphatic rings. The van der Waals surface area contributed by atoms with Crippen molar-refractivity contribution in [2.75, 3.05) is 45.3 Å². The molecule has 3 rings (SSSR count). The lowest BCUT2D eigenvalue weighted by atomic mass is 10.1. The predicted octanol–water partition coefficient (Wildman–Crippen LogP) is 1.82.